The molecule has 0 unspecified atom stereocenters. The highest BCUT2D eigenvalue weighted by molar-refractivity contribution is 7.99. The minimum absolute atomic E-state index is 0.0763. The molecule has 0 bridgehead atoms. The van der Waals surface area contributed by atoms with E-state index >= 15 is 0 Å². The third kappa shape index (κ3) is 4.27. The predicted octanol–water partition coefficient (Wildman–Crippen LogP) is 4.49. The number of anilines is 1. The summed E-state index contributed by atoms with van der Waals surface area (Å²) in [6.07, 6.45) is 6.62. The molecule has 4 rings (SSSR count). The Bertz CT molecular complexity index is 1040. The zero-order chi connectivity index (χ0) is 20.2. The van der Waals surface area contributed by atoms with Crippen LogP contribution in [0.25, 0.3) is 11.3 Å². The molecule has 1 amide bonds. The quantitative estimate of drug-likeness (QED) is 0.634. The van der Waals surface area contributed by atoms with Crippen LogP contribution < -0.4 is 5.32 Å². The molecule has 29 heavy (non-hydrogen) atoms. The maximum atomic E-state index is 12.7. The molecule has 2 aromatic heterocycles. The molecule has 0 aliphatic heterocycles. The van der Waals surface area contributed by atoms with Crippen LogP contribution in [-0.2, 0) is 17.6 Å². The van der Waals surface area contributed by atoms with Crippen LogP contribution in [0.3, 0.4) is 0 Å². The van der Waals surface area contributed by atoms with Gasteiger partial charge in [0.25, 0.3) is 0 Å². The molecule has 0 saturated heterocycles. The van der Waals surface area contributed by atoms with Crippen molar-refractivity contribution >= 4 is 29.3 Å². The summed E-state index contributed by atoms with van der Waals surface area (Å²) in [6.45, 7) is 0. The van der Waals surface area contributed by atoms with Gasteiger partial charge < -0.3 is 10.3 Å². The lowest BCUT2D eigenvalue weighted by Crippen LogP contribution is -2.14. The Morgan fingerprint density at radius 1 is 1.21 bits per heavy atom. The van der Waals surface area contributed by atoms with Crippen molar-refractivity contribution in [2.75, 3.05) is 17.3 Å². The second-order valence-corrected chi connectivity index (χ2v) is 8.05. The van der Waals surface area contributed by atoms with Gasteiger partial charge in [0.1, 0.15) is 5.82 Å². The lowest BCUT2D eigenvalue weighted by molar-refractivity contribution is -0.113. The number of fused-ring (bicyclic) bond motifs is 1. The highest BCUT2D eigenvalue weighted by Crippen LogP contribution is 2.35. The van der Waals surface area contributed by atoms with E-state index in [-0.39, 0.29) is 11.7 Å². The average Bonchev–Trinajstić information content (AvgIpc) is 3.09. The first kappa shape index (κ1) is 19.5. The van der Waals surface area contributed by atoms with Gasteiger partial charge in [0.05, 0.1) is 11.4 Å². The lowest BCUT2D eigenvalue weighted by Gasteiger charge is -2.12. The Kier molecular flexibility index (Phi) is 5.81. The number of aromatic nitrogens is 2. The Morgan fingerprint density at radius 3 is 2.83 bits per heavy atom. The Hall–Kier alpha value is -2.86. The third-order valence-electron chi connectivity index (χ3n) is 5.11. The van der Waals surface area contributed by atoms with Gasteiger partial charge in [-0.1, -0.05) is 30.3 Å². The molecule has 6 heteroatoms. The number of carbonyl (C=O) groups excluding carboxylic acids is 2. The number of rotatable bonds is 6. The van der Waals surface area contributed by atoms with Crippen molar-refractivity contribution in [2.24, 2.45) is 0 Å². The molecular formula is C23H23N3O2S. The fourth-order valence-electron chi connectivity index (χ4n) is 3.86. The summed E-state index contributed by atoms with van der Waals surface area (Å²) in [4.78, 5) is 32.5. The molecule has 0 fully saturated rings. The average molecular weight is 406 g/mol. The van der Waals surface area contributed by atoms with E-state index in [1.54, 1.807) is 6.20 Å². The SMILES string of the molecule is CSCC(=O)Nc1cc(-c2[nH]c3c(c2Cc2ccccc2)C(=O)CCC3)ccn1. The first-order valence-electron chi connectivity index (χ1n) is 9.71. The van der Waals surface area contributed by atoms with E-state index in [1.165, 1.54) is 11.8 Å². The number of H-pyrrole nitrogens is 1. The summed E-state index contributed by atoms with van der Waals surface area (Å²) in [7, 11) is 0. The van der Waals surface area contributed by atoms with Crippen LogP contribution in [-0.4, -0.2) is 33.7 Å². The first-order valence-corrected chi connectivity index (χ1v) is 11.1. The van der Waals surface area contributed by atoms with Gasteiger partial charge in [-0.05, 0) is 42.4 Å². The number of pyridine rings is 1. The van der Waals surface area contributed by atoms with Crippen LogP contribution in [0.2, 0.25) is 0 Å². The van der Waals surface area contributed by atoms with Crippen molar-refractivity contribution in [3.63, 3.8) is 0 Å². The Balaban J connectivity index is 1.75. The number of carbonyl (C=O) groups is 2. The first-order chi connectivity index (χ1) is 14.2. The summed E-state index contributed by atoms with van der Waals surface area (Å²) in [5.74, 6) is 1.04. The summed E-state index contributed by atoms with van der Waals surface area (Å²) in [5, 5.41) is 2.84. The molecule has 1 aliphatic carbocycles. The molecule has 1 aliphatic rings. The van der Waals surface area contributed by atoms with Crippen molar-refractivity contribution < 1.29 is 9.59 Å². The fourth-order valence-corrected chi connectivity index (χ4v) is 4.19. The number of Topliss-reactive ketones (excluding diaryl/α,β-unsaturated/α-hetero) is 1. The Labute approximate surface area is 174 Å². The van der Waals surface area contributed by atoms with Crippen molar-refractivity contribution in [1.82, 2.24) is 9.97 Å². The monoisotopic (exact) mass is 405 g/mol. The van der Waals surface area contributed by atoms with Gasteiger partial charge in [0, 0.05) is 35.9 Å². The van der Waals surface area contributed by atoms with Crippen LogP contribution in [0.5, 0.6) is 0 Å². The van der Waals surface area contributed by atoms with Crippen LogP contribution in [0.15, 0.2) is 48.7 Å². The maximum Gasteiger partial charge on any atom is 0.235 e. The van der Waals surface area contributed by atoms with Gasteiger partial charge in [-0.25, -0.2) is 4.98 Å². The second kappa shape index (κ2) is 8.66. The molecule has 5 nitrogen and oxygen atoms in total. The smallest absolute Gasteiger partial charge is 0.235 e. The number of thioether (sulfide) groups is 1. The van der Waals surface area contributed by atoms with Crippen LogP contribution in [0.4, 0.5) is 5.82 Å². The molecule has 1 aromatic carbocycles. The second-order valence-electron chi connectivity index (χ2n) is 7.18. The largest absolute Gasteiger partial charge is 0.358 e. The highest BCUT2D eigenvalue weighted by atomic mass is 32.2. The summed E-state index contributed by atoms with van der Waals surface area (Å²) >= 11 is 1.47. The number of aryl methyl sites for hydroxylation is 1. The summed E-state index contributed by atoms with van der Waals surface area (Å²) in [6, 6.07) is 14.0. The number of ketones is 1. The number of nitrogens with zero attached hydrogens (tertiary/aromatic N) is 1. The molecule has 2 heterocycles. The van der Waals surface area contributed by atoms with Crippen molar-refractivity contribution in [1.29, 1.82) is 0 Å². The number of nitrogens with one attached hydrogen (secondary N) is 2. The lowest BCUT2D eigenvalue weighted by atomic mass is 9.90. The number of hydrogen-bond donors (Lipinski definition) is 2. The molecule has 0 radical (unpaired) electrons. The zero-order valence-corrected chi connectivity index (χ0v) is 17.1. The minimum atomic E-state index is -0.0763. The van der Waals surface area contributed by atoms with E-state index in [0.29, 0.717) is 24.4 Å². The molecule has 0 saturated carbocycles. The van der Waals surface area contributed by atoms with E-state index in [9.17, 15) is 9.59 Å². The normalized spacial score (nSPS) is 13.2. The fraction of sp³-hybridized carbons (Fsp3) is 0.261. The molecule has 2 N–H and O–H groups in total. The summed E-state index contributed by atoms with van der Waals surface area (Å²) < 4.78 is 0. The van der Waals surface area contributed by atoms with Gasteiger partial charge in [-0.2, -0.15) is 11.8 Å². The zero-order valence-electron chi connectivity index (χ0n) is 16.3. The van der Waals surface area contributed by atoms with E-state index in [4.69, 9.17) is 0 Å². The number of aromatic amines is 1. The van der Waals surface area contributed by atoms with Gasteiger partial charge in [-0.3, -0.25) is 9.59 Å². The van der Waals surface area contributed by atoms with Gasteiger partial charge >= 0.3 is 0 Å². The van der Waals surface area contributed by atoms with E-state index in [1.807, 2.05) is 36.6 Å². The molecule has 0 atom stereocenters. The minimum Gasteiger partial charge on any atom is -0.358 e. The topological polar surface area (TPSA) is 74.8 Å². The van der Waals surface area contributed by atoms with Gasteiger partial charge in [0.2, 0.25) is 5.91 Å². The number of hydrogen-bond acceptors (Lipinski definition) is 4. The highest BCUT2D eigenvalue weighted by Gasteiger charge is 2.26. The molecule has 3 aromatic rings. The van der Waals surface area contributed by atoms with Crippen molar-refractivity contribution in [3.8, 4) is 11.3 Å². The predicted molar refractivity (Wildman–Crippen MR) is 118 cm³/mol. The maximum absolute atomic E-state index is 12.7. The van der Waals surface area contributed by atoms with E-state index in [0.717, 1.165) is 46.5 Å². The van der Waals surface area contributed by atoms with Gasteiger partial charge in [-0.15, -0.1) is 0 Å². The van der Waals surface area contributed by atoms with Crippen LogP contribution >= 0.6 is 11.8 Å². The molecule has 0 spiro atoms. The standard InChI is InChI=1S/C23H23N3O2S/c1-29-14-21(28)26-20-13-16(10-11-24-20)23-17(12-15-6-3-2-4-7-15)22-18(25-23)8-5-9-19(22)27/h2-4,6-7,10-11,13,25H,5,8-9,12,14H2,1H3,(H,24,26,28). The van der Waals surface area contributed by atoms with Crippen molar-refractivity contribution in [3.05, 3.63) is 71.0 Å². The molecular weight excluding hydrogens is 382 g/mol. The van der Waals surface area contributed by atoms with Crippen LogP contribution in [0.1, 0.15) is 40.0 Å². The Morgan fingerprint density at radius 2 is 2.03 bits per heavy atom. The summed E-state index contributed by atoms with van der Waals surface area (Å²) in [5.41, 5.74) is 5.93. The van der Waals surface area contributed by atoms with Crippen LogP contribution in [0, 0.1) is 0 Å². The number of amides is 1. The van der Waals surface area contributed by atoms with Crippen molar-refractivity contribution in [2.45, 2.75) is 25.7 Å². The van der Waals surface area contributed by atoms with Gasteiger partial charge in [0.15, 0.2) is 5.78 Å². The third-order valence-corrected chi connectivity index (χ3v) is 5.66. The van der Waals surface area contributed by atoms with E-state index in [2.05, 4.69) is 27.4 Å². The molecule has 148 valence electrons. The number of benzene rings is 1. The van der Waals surface area contributed by atoms with E-state index < -0.39 is 0 Å².